The Bertz CT molecular complexity index is 891. The van der Waals surface area contributed by atoms with Crippen LogP contribution in [0.25, 0.3) is 0 Å². The number of nitrogens with zero attached hydrogens (tertiary/aromatic N) is 1. The van der Waals surface area contributed by atoms with Crippen molar-refractivity contribution in [1.82, 2.24) is 15.3 Å². The lowest BCUT2D eigenvalue weighted by Crippen LogP contribution is -2.70. The van der Waals surface area contributed by atoms with E-state index in [0.717, 1.165) is 49.4 Å². The van der Waals surface area contributed by atoms with Crippen molar-refractivity contribution in [3.05, 3.63) is 18.2 Å². The summed E-state index contributed by atoms with van der Waals surface area (Å²) in [6, 6.07) is -0.0370. The smallest absolute Gasteiger partial charge is 0.154 e. The van der Waals surface area contributed by atoms with Gasteiger partial charge in [-0.05, 0) is 85.9 Å². The summed E-state index contributed by atoms with van der Waals surface area (Å²) in [4.78, 5) is 6.93. The Hall–Kier alpha value is -0.940. The maximum absolute atomic E-state index is 15.1. The predicted octanol–water partition coefficient (Wildman–Crippen LogP) is 7.61. The summed E-state index contributed by atoms with van der Waals surface area (Å²) in [5, 5.41) is 16.0. The van der Waals surface area contributed by atoms with Crippen molar-refractivity contribution in [2.45, 2.75) is 129 Å². The van der Waals surface area contributed by atoms with E-state index in [2.05, 4.69) is 49.9 Å². The molecule has 0 saturated heterocycles. The molecule has 4 fully saturated rings. The van der Waals surface area contributed by atoms with Crippen LogP contribution in [-0.2, 0) is 0 Å². The highest BCUT2D eigenvalue weighted by Crippen LogP contribution is 2.69. The van der Waals surface area contributed by atoms with Gasteiger partial charge in [0.25, 0.3) is 0 Å². The van der Waals surface area contributed by atoms with Crippen LogP contribution in [0, 0.1) is 46.3 Å². The molecule has 4 saturated carbocycles. The number of halogens is 1. The number of hydrogen-bond donors (Lipinski definition) is 3. The van der Waals surface area contributed by atoms with Crippen molar-refractivity contribution in [2.75, 3.05) is 6.54 Å². The van der Waals surface area contributed by atoms with Crippen molar-refractivity contribution in [3.8, 4) is 0 Å². The third-order valence-electron chi connectivity index (χ3n) is 12.4. The molecule has 1 heterocycles. The summed E-state index contributed by atoms with van der Waals surface area (Å²) in [5.74, 6) is 4.40. The van der Waals surface area contributed by atoms with Gasteiger partial charge >= 0.3 is 0 Å². The minimum absolute atomic E-state index is 0.0370. The number of hydrogen-bond acceptors (Lipinski definition) is 3. The summed E-state index contributed by atoms with van der Waals surface area (Å²) in [6.45, 7) is 12.5. The van der Waals surface area contributed by atoms with Crippen molar-refractivity contribution in [2.24, 2.45) is 46.3 Å². The Morgan fingerprint density at radius 1 is 1.08 bits per heavy atom. The fourth-order valence-electron chi connectivity index (χ4n) is 10.4. The second-order valence-corrected chi connectivity index (χ2v) is 14.6. The topological polar surface area (TPSA) is 60.9 Å². The molecule has 3 N–H and O–H groups in total. The van der Waals surface area contributed by atoms with Crippen molar-refractivity contribution in [3.63, 3.8) is 0 Å². The highest BCUT2D eigenvalue weighted by atomic mass is 19.1. The van der Waals surface area contributed by atoms with E-state index in [1.54, 1.807) is 12.5 Å². The summed E-state index contributed by atoms with van der Waals surface area (Å²) < 4.78 is 15.1. The molecule has 4 aliphatic rings. The van der Waals surface area contributed by atoms with Crippen LogP contribution in [0.5, 0.6) is 0 Å². The number of H-pyrrole nitrogens is 1. The second-order valence-electron chi connectivity index (χ2n) is 14.6. The first kappa shape index (κ1) is 27.6. The Balaban J connectivity index is 1.36. The van der Waals surface area contributed by atoms with Gasteiger partial charge in [-0.2, -0.15) is 0 Å². The van der Waals surface area contributed by atoms with Crippen molar-refractivity contribution >= 4 is 0 Å². The molecule has 0 aromatic carbocycles. The second kappa shape index (κ2) is 10.6. The normalized spacial score (nSPS) is 43.2. The monoisotopic (exact) mass is 515 g/mol. The summed E-state index contributed by atoms with van der Waals surface area (Å²) >= 11 is 0. The van der Waals surface area contributed by atoms with E-state index in [9.17, 15) is 5.11 Å². The van der Waals surface area contributed by atoms with Crippen molar-refractivity contribution in [1.29, 1.82) is 0 Å². The largest absolute Gasteiger partial charge is 0.388 e. The molecular formula is C32H54FN3O. The fraction of sp³-hybridized carbons (Fsp3) is 0.906. The fourth-order valence-corrected chi connectivity index (χ4v) is 10.4. The molecular weight excluding hydrogens is 461 g/mol. The predicted molar refractivity (Wildman–Crippen MR) is 149 cm³/mol. The van der Waals surface area contributed by atoms with Crippen LogP contribution in [0.15, 0.2) is 12.5 Å². The Kier molecular flexibility index (Phi) is 7.88. The Morgan fingerprint density at radius 2 is 1.86 bits per heavy atom. The van der Waals surface area contributed by atoms with Gasteiger partial charge < -0.3 is 15.4 Å². The molecule has 1 aromatic rings. The van der Waals surface area contributed by atoms with Gasteiger partial charge in [-0.3, -0.25) is 0 Å². The van der Waals surface area contributed by atoms with E-state index in [4.69, 9.17) is 0 Å². The van der Waals surface area contributed by atoms with Gasteiger partial charge in [0.1, 0.15) is 0 Å². The third-order valence-corrected chi connectivity index (χ3v) is 12.4. The van der Waals surface area contributed by atoms with Gasteiger partial charge in [0.2, 0.25) is 0 Å². The van der Waals surface area contributed by atoms with Gasteiger partial charge in [0, 0.05) is 18.0 Å². The Labute approximate surface area is 225 Å². The standard InChI is InChI=1S/C32H54FN3O/c1-21(2)9-8-10-22(3)24-11-12-25-23-17-29(35-18-27(33)28-19-34-20-36-28)32(37)15-7-6-14-31(32,5)26(23)13-16-30(24,25)4/h19-27,29,35,37H,6-18H2,1-5H3,(H,34,36)/t22?,23-,24+,25-,26-,27?,29+,30+,31+,32-/m0/s1. The van der Waals surface area contributed by atoms with Crippen LogP contribution < -0.4 is 5.32 Å². The van der Waals surface area contributed by atoms with E-state index in [-0.39, 0.29) is 18.0 Å². The average Bonchev–Trinajstić information content (AvgIpc) is 3.51. The first-order chi connectivity index (χ1) is 17.6. The number of fused-ring (bicyclic) bond motifs is 5. The summed E-state index contributed by atoms with van der Waals surface area (Å²) in [5.41, 5.74) is 0.126. The molecule has 0 amide bonds. The zero-order valence-electron chi connectivity index (χ0n) is 24.2. The van der Waals surface area contributed by atoms with Crippen LogP contribution in [0.4, 0.5) is 4.39 Å². The molecule has 0 spiro atoms. The molecule has 4 nitrogen and oxygen atoms in total. The van der Waals surface area contributed by atoms with Gasteiger partial charge in [-0.15, -0.1) is 0 Å². The molecule has 10 atom stereocenters. The zero-order valence-corrected chi connectivity index (χ0v) is 24.2. The van der Waals surface area contributed by atoms with Crippen LogP contribution >= 0.6 is 0 Å². The number of aromatic amines is 1. The lowest BCUT2D eigenvalue weighted by atomic mass is 9.42. The van der Waals surface area contributed by atoms with Crippen LogP contribution in [0.1, 0.15) is 124 Å². The molecule has 5 rings (SSSR count). The molecule has 0 radical (unpaired) electrons. The van der Waals surface area contributed by atoms with Crippen LogP contribution in [0.3, 0.4) is 0 Å². The van der Waals surface area contributed by atoms with E-state index >= 15 is 4.39 Å². The number of nitrogens with one attached hydrogen (secondary N) is 2. The Morgan fingerprint density at radius 3 is 2.59 bits per heavy atom. The minimum Gasteiger partial charge on any atom is -0.388 e. The lowest BCUT2D eigenvalue weighted by Gasteiger charge is -2.66. The number of aliphatic hydroxyl groups is 1. The minimum atomic E-state index is -1.13. The summed E-state index contributed by atoms with van der Waals surface area (Å²) in [7, 11) is 0. The van der Waals surface area contributed by atoms with E-state index in [1.165, 1.54) is 51.4 Å². The zero-order chi connectivity index (χ0) is 26.4. The van der Waals surface area contributed by atoms with Gasteiger partial charge in [-0.1, -0.05) is 66.7 Å². The SMILES string of the molecule is CC(C)CCCC(C)[C@H]1CC[C@H]2[C@@H]3C[C@@H](NCC(F)c4cnc[nH]4)[C@@]4(O)CCCC[C@]4(C)[C@H]3CC[C@]12C. The van der Waals surface area contributed by atoms with Crippen LogP contribution in [0.2, 0.25) is 0 Å². The molecule has 1 aromatic heterocycles. The van der Waals surface area contributed by atoms with Crippen LogP contribution in [-0.4, -0.2) is 33.3 Å². The van der Waals surface area contributed by atoms with E-state index in [1.807, 2.05) is 0 Å². The summed E-state index contributed by atoms with van der Waals surface area (Å²) in [6.07, 6.45) is 16.6. The average molecular weight is 516 g/mol. The maximum Gasteiger partial charge on any atom is 0.154 e. The van der Waals surface area contributed by atoms with E-state index in [0.29, 0.717) is 22.9 Å². The van der Waals surface area contributed by atoms with Gasteiger partial charge in [-0.25, -0.2) is 9.37 Å². The van der Waals surface area contributed by atoms with Crippen molar-refractivity contribution < 1.29 is 9.50 Å². The molecule has 0 bridgehead atoms. The molecule has 37 heavy (non-hydrogen) atoms. The third kappa shape index (κ3) is 4.72. The molecule has 5 heteroatoms. The van der Waals surface area contributed by atoms with Gasteiger partial charge in [0.15, 0.2) is 6.17 Å². The first-order valence-electron chi connectivity index (χ1n) is 15.7. The molecule has 210 valence electrons. The maximum atomic E-state index is 15.1. The first-order valence-corrected chi connectivity index (χ1v) is 15.7. The highest BCUT2D eigenvalue weighted by Gasteiger charge is 2.66. The molecule has 4 aliphatic carbocycles. The van der Waals surface area contributed by atoms with Gasteiger partial charge in [0.05, 0.1) is 23.8 Å². The molecule has 0 aliphatic heterocycles. The quantitative estimate of drug-likeness (QED) is 0.317. The van der Waals surface area contributed by atoms with E-state index < -0.39 is 11.8 Å². The molecule has 2 unspecified atom stereocenters. The number of rotatable bonds is 9. The number of aromatic nitrogens is 2. The lowest BCUT2D eigenvalue weighted by molar-refractivity contribution is -0.220. The number of alkyl halides is 1. The number of imidazole rings is 1. The highest BCUT2D eigenvalue weighted by molar-refractivity contribution is 5.18.